The summed E-state index contributed by atoms with van der Waals surface area (Å²) in [6.45, 7) is 7.71. The molecule has 0 saturated carbocycles. The lowest BCUT2D eigenvalue weighted by atomic mass is 10.0. The molecule has 26 heavy (non-hydrogen) atoms. The van der Waals surface area contributed by atoms with Gasteiger partial charge in [0.25, 0.3) is 0 Å². The zero-order chi connectivity index (χ0) is 18.7. The monoisotopic (exact) mass is 470 g/mol. The number of likely N-dealkylation sites (N-methyl/N-ethyl adjacent to an activating group) is 1. The fourth-order valence-electron chi connectivity index (χ4n) is 2.39. The van der Waals surface area contributed by atoms with E-state index in [-0.39, 0.29) is 30.4 Å². The minimum Gasteiger partial charge on any atom is -1.00 e. The van der Waals surface area contributed by atoms with E-state index in [0.717, 1.165) is 40.8 Å². The van der Waals surface area contributed by atoms with Gasteiger partial charge in [0.15, 0.2) is 0 Å². The third-order valence-electron chi connectivity index (χ3n) is 4.58. The average molecular weight is 470 g/mol. The first-order valence-electron chi connectivity index (χ1n) is 8.72. The quantitative estimate of drug-likeness (QED) is 0.423. The summed E-state index contributed by atoms with van der Waals surface area (Å²) in [4.78, 5) is 10.4. The molecule has 0 heterocycles. The summed E-state index contributed by atoms with van der Waals surface area (Å²) in [5.74, 6) is -1.05. The summed E-state index contributed by atoms with van der Waals surface area (Å²) in [5, 5.41) is 19.1. The van der Waals surface area contributed by atoms with Crippen molar-refractivity contribution in [1.82, 2.24) is 0 Å². The van der Waals surface area contributed by atoms with Gasteiger partial charge in [0.05, 0.1) is 26.7 Å². The zero-order valence-corrected chi connectivity index (χ0v) is 18.0. The number of carbonyl (C=O) groups excluding carboxylic acids is 1. The molecule has 2 aromatic carbocycles. The molecule has 0 radical (unpaired) electrons. The van der Waals surface area contributed by atoms with E-state index >= 15 is 0 Å². The number of hydrogen-bond donors (Lipinski definition) is 1. The second-order valence-corrected chi connectivity index (χ2v) is 6.31. The molecule has 0 aliphatic carbocycles. The number of aliphatic hydroxyl groups excluding tert-OH is 1. The second kappa shape index (κ2) is 12.8. The normalized spacial score (nSPS) is 10.3. The Bertz CT molecular complexity index is 625. The molecule has 0 amide bonds. The van der Waals surface area contributed by atoms with Crippen LogP contribution in [0.15, 0.2) is 54.6 Å². The summed E-state index contributed by atoms with van der Waals surface area (Å²) < 4.78 is 0.983. The topological polar surface area (TPSA) is 60.4 Å². The summed E-state index contributed by atoms with van der Waals surface area (Å²) >= 11 is 0. The number of carboxylic acids is 1. The van der Waals surface area contributed by atoms with Crippen molar-refractivity contribution in [3.8, 4) is 11.1 Å². The molecule has 144 valence electrons. The molecule has 0 aliphatic rings. The van der Waals surface area contributed by atoms with Gasteiger partial charge in [0.2, 0.25) is 0 Å². The van der Waals surface area contributed by atoms with E-state index in [1.165, 1.54) is 0 Å². The first-order chi connectivity index (χ1) is 11.9. The molecule has 5 heteroatoms. The lowest BCUT2D eigenvalue weighted by Crippen LogP contribution is -3.00. The summed E-state index contributed by atoms with van der Waals surface area (Å²) in [7, 11) is 2.16. The van der Waals surface area contributed by atoms with Gasteiger partial charge in [0, 0.05) is 12.4 Å². The largest absolute Gasteiger partial charge is 1.00 e. The first kappa shape index (κ1) is 24.6. The number of nitrogens with zero attached hydrogens (tertiary/aromatic N) is 1. The molecule has 0 unspecified atom stereocenters. The first-order valence-corrected chi connectivity index (χ1v) is 8.72. The molecular formula is C21H29INO3-. The van der Waals surface area contributed by atoms with Crippen LogP contribution in [0.3, 0.4) is 0 Å². The number of rotatable bonds is 7. The highest BCUT2D eigenvalue weighted by Crippen LogP contribution is 2.19. The molecule has 0 aromatic heterocycles. The van der Waals surface area contributed by atoms with Gasteiger partial charge in [-0.15, -0.1) is 0 Å². The zero-order valence-electron chi connectivity index (χ0n) is 15.8. The lowest BCUT2D eigenvalue weighted by Gasteiger charge is -2.31. The summed E-state index contributed by atoms with van der Waals surface area (Å²) in [6, 6.07) is 17.4. The Balaban J connectivity index is 0.000000543. The van der Waals surface area contributed by atoms with Gasteiger partial charge in [-0.1, -0.05) is 54.6 Å². The molecule has 0 fully saturated rings. The van der Waals surface area contributed by atoms with Gasteiger partial charge < -0.3 is 43.5 Å². The van der Waals surface area contributed by atoms with Crippen LogP contribution in [0.25, 0.3) is 11.1 Å². The second-order valence-electron chi connectivity index (χ2n) is 6.31. The van der Waals surface area contributed by atoms with Crippen LogP contribution in [0.1, 0.15) is 19.4 Å². The van der Waals surface area contributed by atoms with E-state index in [4.69, 9.17) is 5.11 Å². The predicted molar refractivity (Wildman–Crippen MR) is 99.8 cm³/mol. The Labute approximate surface area is 174 Å². The molecule has 2 rings (SSSR count). The van der Waals surface area contributed by atoms with Gasteiger partial charge in [0.1, 0.15) is 6.54 Å². The third-order valence-corrected chi connectivity index (χ3v) is 4.58. The molecule has 2 aromatic rings. The minimum atomic E-state index is -1.05. The molecule has 0 spiro atoms. The lowest BCUT2D eigenvalue weighted by molar-refractivity contribution is -0.906. The summed E-state index contributed by atoms with van der Waals surface area (Å²) in [5.41, 5.74) is 2.98. The maximum atomic E-state index is 10.4. The highest BCUT2D eigenvalue weighted by Gasteiger charge is 2.13. The van der Waals surface area contributed by atoms with E-state index in [9.17, 15) is 9.90 Å². The Morgan fingerprint density at radius 2 is 1.46 bits per heavy atom. The predicted octanol–water partition coefficient (Wildman–Crippen LogP) is -0.885. The number of benzene rings is 2. The molecule has 0 bridgehead atoms. The van der Waals surface area contributed by atoms with E-state index in [1.807, 2.05) is 54.6 Å². The van der Waals surface area contributed by atoms with Crippen LogP contribution in [0.5, 0.6) is 0 Å². The van der Waals surface area contributed by atoms with Crippen molar-refractivity contribution in [2.24, 2.45) is 0 Å². The van der Waals surface area contributed by atoms with E-state index < -0.39 is 5.97 Å². The maximum Gasteiger partial charge on any atom is 0.102 e. The van der Waals surface area contributed by atoms with E-state index in [1.54, 1.807) is 0 Å². The van der Waals surface area contributed by atoms with Gasteiger partial charge in [-0.3, -0.25) is 0 Å². The Hall–Kier alpha value is -1.44. The van der Waals surface area contributed by atoms with Gasteiger partial charge in [-0.2, -0.15) is 0 Å². The fraction of sp³-hybridized carbons (Fsp3) is 0.381. The number of hydrogen-bond acceptors (Lipinski definition) is 3. The van der Waals surface area contributed by atoms with Gasteiger partial charge in [-0.25, -0.2) is 0 Å². The van der Waals surface area contributed by atoms with Crippen molar-refractivity contribution < 1.29 is 43.5 Å². The average Bonchev–Trinajstić information content (AvgIpc) is 2.63. The highest BCUT2D eigenvalue weighted by molar-refractivity contribution is 5.69. The molecule has 0 saturated heterocycles. The maximum absolute atomic E-state index is 10.4. The third kappa shape index (κ3) is 8.78. The van der Waals surface area contributed by atoms with Crippen molar-refractivity contribution in [3.05, 3.63) is 60.2 Å². The molecular weight excluding hydrogens is 441 g/mol. The van der Waals surface area contributed by atoms with Crippen LogP contribution in [0, 0.1) is 0 Å². The smallest absolute Gasteiger partial charge is 0.102 e. The van der Waals surface area contributed by atoms with Crippen molar-refractivity contribution in [1.29, 1.82) is 0 Å². The van der Waals surface area contributed by atoms with E-state index in [2.05, 4.69) is 20.9 Å². The fourth-order valence-corrected chi connectivity index (χ4v) is 2.39. The highest BCUT2D eigenvalue weighted by atomic mass is 127. The number of halogens is 1. The van der Waals surface area contributed by atoms with Crippen molar-refractivity contribution in [2.75, 3.05) is 33.3 Å². The molecule has 1 N–H and O–H groups in total. The van der Waals surface area contributed by atoms with Crippen LogP contribution >= 0.6 is 0 Å². The Morgan fingerprint density at radius 3 is 1.85 bits per heavy atom. The van der Waals surface area contributed by atoms with Crippen LogP contribution in [0.2, 0.25) is 0 Å². The van der Waals surface area contributed by atoms with Crippen LogP contribution in [0.4, 0.5) is 0 Å². The number of aliphatic hydroxyl groups is 1. The summed E-state index contributed by atoms with van der Waals surface area (Å²) in [6.07, 6.45) is -0.0327. The Kier molecular flexibility index (Phi) is 12.1. The van der Waals surface area contributed by atoms with Gasteiger partial charge in [-0.05, 0) is 30.5 Å². The SMILES string of the molecule is CC[N+](C)(CC)CCO.O=C([O-])Cc1ccc(-c2ccccc2)cc1.[I-]. The standard InChI is InChI=1S/C14H12O2.C7H18NO.HI/c15-14(16)10-11-6-8-13(9-7-11)12-4-2-1-3-5-12;1-4-8(3,5-2)6-7-9;/h1-9H,10H2,(H,15,16);9H,4-7H2,1-3H3;1H/q;+1;/p-2. The van der Waals surface area contributed by atoms with E-state index in [0.29, 0.717) is 6.61 Å². The minimum absolute atomic E-state index is 0. The molecule has 0 atom stereocenters. The number of carboxylic acid groups (broad SMARTS) is 1. The Morgan fingerprint density at radius 1 is 0.962 bits per heavy atom. The van der Waals surface area contributed by atoms with Crippen LogP contribution < -0.4 is 29.1 Å². The number of aliphatic carboxylic acids is 1. The molecule has 0 aliphatic heterocycles. The van der Waals surface area contributed by atoms with Gasteiger partial charge >= 0.3 is 0 Å². The van der Waals surface area contributed by atoms with Crippen LogP contribution in [-0.2, 0) is 11.2 Å². The molecule has 4 nitrogen and oxygen atoms in total. The van der Waals surface area contributed by atoms with Crippen molar-refractivity contribution in [3.63, 3.8) is 0 Å². The van der Waals surface area contributed by atoms with Crippen molar-refractivity contribution in [2.45, 2.75) is 20.3 Å². The van der Waals surface area contributed by atoms with Crippen LogP contribution in [-0.4, -0.2) is 48.8 Å². The number of quaternary nitrogens is 1. The number of carbonyl (C=O) groups is 1. The van der Waals surface area contributed by atoms with Crippen molar-refractivity contribution >= 4 is 5.97 Å².